The summed E-state index contributed by atoms with van der Waals surface area (Å²) < 4.78 is 57.5. The summed E-state index contributed by atoms with van der Waals surface area (Å²) in [5, 5.41) is 22.0. The predicted molar refractivity (Wildman–Crippen MR) is 105 cm³/mol. The Morgan fingerprint density at radius 1 is 0.929 bits per heavy atom. The van der Waals surface area contributed by atoms with Gasteiger partial charge in [-0.15, -0.1) is 6.42 Å². The number of halogens is 3. The molecule has 0 radical (unpaired) electrons. The van der Waals surface area contributed by atoms with Crippen LogP contribution in [0.4, 0.5) is 13.2 Å². The molecule has 11 heteroatoms. The number of rotatable bonds is 0. The van der Waals surface area contributed by atoms with Crippen molar-refractivity contribution in [2.45, 2.75) is 32.7 Å². The van der Waals surface area contributed by atoms with E-state index in [1.807, 2.05) is 12.2 Å². The van der Waals surface area contributed by atoms with Crippen LogP contribution in [0.1, 0.15) is 27.2 Å². The molecule has 0 heterocycles. The number of alkyl halides is 3. The van der Waals surface area contributed by atoms with Crippen molar-refractivity contribution in [2.75, 3.05) is 0 Å². The molecule has 0 saturated carbocycles. The van der Waals surface area contributed by atoms with Crippen LogP contribution in [0.5, 0.6) is 0 Å². The van der Waals surface area contributed by atoms with Crippen molar-refractivity contribution in [3.8, 4) is 18.2 Å². The molecule has 1 aliphatic carbocycles. The third-order valence-corrected chi connectivity index (χ3v) is 1.46. The van der Waals surface area contributed by atoms with E-state index in [0.29, 0.717) is 0 Å². The van der Waals surface area contributed by atoms with Gasteiger partial charge in [-0.1, -0.05) is 0 Å². The molecule has 0 aliphatic heterocycles. The van der Waals surface area contributed by atoms with E-state index in [1.165, 1.54) is 20.8 Å². The van der Waals surface area contributed by atoms with Gasteiger partial charge in [0, 0.05) is 20.8 Å². The van der Waals surface area contributed by atoms with Crippen LogP contribution in [0.25, 0.3) is 0 Å². The van der Waals surface area contributed by atoms with Crippen LogP contribution in [0.3, 0.4) is 0 Å². The molecule has 1 rings (SSSR count). The average Bonchev–Trinajstić information content (AvgIpc) is 2.87. The summed E-state index contributed by atoms with van der Waals surface area (Å²) in [5.74, 6) is 0. The number of hydrogen-bond acceptors (Lipinski definition) is 5. The molecule has 0 atom stereocenters. The summed E-state index contributed by atoms with van der Waals surface area (Å²) in [5.41, 5.74) is -5.53. The molecule has 0 spiro atoms. The molecule has 0 saturated heterocycles. The Bertz CT molecular complexity index is 505. The molecule has 0 aromatic rings. The number of hydrogen-bond donors (Lipinski definition) is 1. The van der Waals surface area contributed by atoms with Gasteiger partial charge in [0.15, 0.2) is 0 Å². The molecule has 166 valence electrons. The quantitative estimate of drug-likeness (QED) is 0.196. The van der Waals surface area contributed by atoms with Gasteiger partial charge >= 0.3 is 35.1 Å². The van der Waals surface area contributed by atoms with E-state index in [2.05, 4.69) is 12.2 Å². The Morgan fingerprint density at radius 2 is 1.14 bits per heavy atom. The van der Waals surface area contributed by atoms with Crippen LogP contribution in [0, 0.1) is 77.2 Å². The molecule has 0 bridgehead atoms. The maximum absolute atomic E-state index is 10.7. The topological polar surface area (TPSA) is 126 Å². The monoisotopic (exact) mass is 515 g/mol. The van der Waals surface area contributed by atoms with Crippen molar-refractivity contribution in [3.05, 3.63) is 61.4 Å². The Kier molecular flexibility index (Phi) is 101. The van der Waals surface area contributed by atoms with E-state index >= 15 is 0 Å². The minimum Gasteiger partial charge on any atom is -0.358 e. The molecule has 0 unspecified atom stereocenters. The van der Waals surface area contributed by atoms with Crippen molar-refractivity contribution < 1.29 is 45.6 Å². The van der Waals surface area contributed by atoms with Gasteiger partial charge in [0.05, 0.1) is 18.2 Å². The van der Waals surface area contributed by atoms with Gasteiger partial charge in [-0.2, -0.15) is 43.5 Å². The molecule has 0 aromatic heterocycles. The Morgan fingerprint density at radius 3 is 1.18 bits per heavy atom. The fourth-order valence-electron chi connectivity index (χ4n) is 0.340. The first kappa shape index (κ1) is 63.4. The average molecular weight is 515 g/mol. The molecule has 1 N–H and O–H groups in total. The largest absolute Gasteiger partial charge is 6.00 e. The van der Waals surface area contributed by atoms with Gasteiger partial charge < -0.3 is 37.1 Å². The third-order valence-electron chi connectivity index (χ3n) is 0.878. The van der Waals surface area contributed by atoms with E-state index in [-0.39, 0.29) is 56.6 Å². The summed E-state index contributed by atoms with van der Waals surface area (Å²) in [6, 6.07) is 5.25. The van der Waals surface area contributed by atoms with E-state index in [0.717, 1.165) is 6.42 Å². The van der Waals surface area contributed by atoms with Crippen LogP contribution in [0.2, 0.25) is 0 Å². The number of allylic oxidation sites excluding steroid dienone is 4. The van der Waals surface area contributed by atoms with Gasteiger partial charge in [-0.25, -0.2) is 12.2 Å². The fraction of sp³-hybridized carbons (Fsp3) is 0.294. The van der Waals surface area contributed by atoms with E-state index < -0.39 is 15.6 Å². The molecular weight excluding hydrogens is 484 g/mol. The Hall–Kier alpha value is -1.73. The number of nitriles is 3. The van der Waals surface area contributed by atoms with E-state index in [4.69, 9.17) is 28.8 Å². The van der Waals surface area contributed by atoms with E-state index in [1.54, 1.807) is 18.2 Å². The zero-order chi connectivity index (χ0) is 18.7. The van der Waals surface area contributed by atoms with Gasteiger partial charge in [0.1, 0.15) is 0 Å². The smallest absolute Gasteiger partial charge is 0.358 e. The van der Waals surface area contributed by atoms with Crippen LogP contribution in [-0.4, -0.2) is 18.5 Å². The first-order valence-corrected chi connectivity index (χ1v) is 6.62. The normalized spacial score (nSPS) is 8.00. The van der Waals surface area contributed by atoms with E-state index in [9.17, 15) is 13.2 Å². The van der Waals surface area contributed by atoms with Crippen LogP contribution >= 0.6 is 0 Å². The van der Waals surface area contributed by atoms with Crippen molar-refractivity contribution in [1.29, 1.82) is 15.8 Å². The van der Waals surface area contributed by atoms with Crippen molar-refractivity contribution in [1.82, 2.24) is 0 Å². The van der Waals surface area contributed by atoms with Crippen LogP contribution in [0.15, 0.2) is 18.2 Å². The van der Waals surface area contributed by atoms with Crippen molar-refractivity contribution in [2.24, 2.45) is 0 Å². The molecular formula is C17H30F3N3O3RuS. The second-order valence-electron chi connectivity index (χ2n) is 2.59. The first-order valence-electron chi connectivity index (χ1n) is 5.17. The standard InChI is InChI=1S/C5H5.3C2H3N.CHF3O3S.5CH3.Ru/c1-2-4-5-3-1;3*1-2-3;2-1(3,4)8(5,6)7;;;;;;/h1-3H,4H2;3*1H3;(H,5,6,7);5*1H3;/q-1;;;;;5*-1;+6. The SMILES string of the molecule is CC#N.CC#N.CC#N.O=S(=O)(O)C(F)(F)F.[C-]1=CC=CC1.[CH3-].[CH3-].[CH3-].[CH3-].[CH3-].[Ru+6]. The molecule has 0 fully saturated rings. The predicted octanol–water partition coefficient (Wildman–Crippen LogP) is 5.54. The summed E-state index contributed by atoms with van der Waals surface area (Å²) >= 11 is 0. The third kappa shape index (κ3) is 87.3. The second kappa shape index (κ2) is 44.6. The van der Waals surface area contributed by atoms with Gasteiger partial charge in [-0.3, -0.25) is 10.6 Å². The molecule has 0 amide bonds. The zero-order valence-electron chi connectivity index (χ0n) is 17.4. The minimum absolute atomic E-state index is 0. The summed E-state index contributed by atoms with van der Waals surface area (Å²) in [6.07, 6.45) is 10.0. The van der Waals surface area contributed by atoms with Gasteiger partial charge in [0.2, 0.25) is 0 Å². The second-order valence-corrected chi connectivity index (χ2v) is 4.01. The number of nitrogens with zero attached hydrogens (tertiary/aromatic N) is 3. The Labute approximate surface area is 183 Å². The Balaban J connectivity index is -0.0000000182. The fourth-order valence-corrected chi connectivity index (χ4v) is 0.340. The van der Waals surface area contributed by atoms with Crippen molar-refractivity contribution >= 4 is 10.1 Å². The van der Waals surface area contributed by atoms with Crippen LogP contribution < -0.4 is 0 Å². The minimum atomic E-state index is -5.84. The molecule has 1 aliphatic rings. The summed E-state index contributed by atoms with van der Waals surface area (Å²) in [7, 11) is -5.84. The maximum Gasteiger partial charge on any atom is 6.00 e. The molecule has 6 nitrogen and oxygen atoms in total. The summed E-state index contributed by atoms with van der Waals surface area (Å²) in [4.78, 5) is 0. The summed E-state index contributed by atoms with van der Waals surface area (Å²) in [6.45, 7) is 4.29. The van der Waals surface area contributed by atoms with Crippen molar-refractivity contribution in [3.63, 3.8) is 0 Å². The zero-order valence-corrected chi connectivity index (χ0v) is 20.0. The maximum atomic E-state index is 10.7. The van der Waals surface area contributed by atoms with Crippen LogP contribution in [-0.2, 0) is 29.6 Å². The first-order chi connectivity index (χ1) is 9.99. The van der Waals surface area contributed by atoms with Gasteiger partial charge in [-0.05, 0) is 0 Å². The molecule has 0 aromatic carbocycles. The van der Waals surface area contributed by atoms with Gasteiger partial charge in [0.25, 0.3) is 0 Å². The molecule has 28 heavy (non-hydrogen) atoms.